The highest BCUT2D eigenvalue weighted by atomic mass is 16.4. The number of aliphatic hydroxyl groups excluding tert-OH is 1. The molecule has 0 radical (unpaired) electrons. The summed E-state index contributed by atoms with van der Waals surface area (Å²) in [5.41, 5.74) is 0.878. The number of nitrogens with one attached hydrogen (secondary N) is 1. The number of carbonyl (C=O) groups excluding carboxylic acids is 1. The number of nitrogens with zero attached hydrogens (tertiary/aromatic N) is 1. The normalized spacial score (nSPS) is 12.1. The summed E-state index contributed by atoms with van der Waals surface area (Å²) in [4.78, 5) is 26.5. The summed E-state index contributed by atoms with van der Waals surface area (Å²) >= 11 is 0. The Kier molecular flexibility index (Phi) is 3.72. The Bertz CT molecular complexity index is 622. The summed E-state index contributed by atoms with van der Waals surface area (Å²) < 4.78 is 0. The van der Waals surface area contributed by atoms with Crippen LogP contribution in [0.15, 0.2) is 36.5 Å². The van der Waals surface area contributed by atoms with Gasteiger partial charge in [0.1, 0.15) is 0 Å². The van der Waals surface area contributed by atoms with E-state index < -0.39 is 18.0 Å². The van der Waals surface area contributed by atoms with Crippen LogP contribution in [0, 0.1) is 0 Å². The van der Waals surface area contributed by atoms with Gasteiger partial charge in [-0.15, -0.1) is 0 Å². The zero-order chi connectivity index (χ0) is 13.8. The fourth-order valence-corrected chi connectivity index (χ4v) is 1.66. The maximum absolute atomic E-state index is 11.9. The van der Waals surface area contributed by atoms with E-state index in [1.165, 1.54) is 0 Å². The average molecular weight is 260 g/mol. The lowest BCUT2D eigenvalue weighted by Crippen LogP contribution is -2.36. The number of carbonyl (C=O) groups is 2. The van der Waals surface area contributed by atoms with Gasteiger partial charge in [0.15, 0.2) is 6.10 Å². The first-order valence-corrected chi connectivity index (χ1v) is 5.62. The van der Waals surface area contributed by atoms with E-state index in [0.29, 0.717) is 11.1 Å². The lowest BCUT2D eigenvalue weighted by molar-refractivity contribution is -0.146. The summed E-state index contributed by atoms with van der Waals surface area (Å²) in [5.74, 6) is -1.85. The van der Waals surface area contributed by atoms with Crippen LogP contribution in [0.1, 0.15) is 10.4 Å². The van der Waals surface area contributed by atoms with Crippen molar-refractivity contribution in [2.45, 2.75) is 6.10 Å². The molecule has 0 aliphatic carbocycles. The van der Waals surface area contributed by atoms with E-state index in [1.54, 1.807) is 24.4 Å². The highest BCUT2D eigenvalue weighted by Crippen LogP contribution is 2.15. The number of aromatic nitrogens is 1. The van der Waals surface area contributed by atoms with Crippen molar-refractivity contribution in [3.63, 3.8) is 0 Å². The number of aliphatic carboxylic acids is 1. The molecular formula is C13H12N2O4. The van der Waals surface area contributed by atoms with Crippen molar-refractivity contribution in [2.24, 2.45) is 0 Å². The summed E-state index contributed by atoms with van der Waals surface area (Å²) in [5, 5.41) is 20.8. The fourth-order valence-electron chi connectivity index (χ4n) is 1.66. The molecule has 2 rings (SSSR count). The lowest BCUT2D eigenvalue weighted by atomic mass is 10.1. The Morgan fingerprint density at radius 2 is 2.00 bits per heavy atom. The van der Waals surface area contributed by atoms with E-state index in [2.05, 4.69) is 10.3 Å². The highest BCUT2D eigenvalue weighted by Gasteiger charge is 2.16. The number of hydrogen-bond donors (Lipinski definition) is 3. The topological polar surface area (TPSA) is 99.5 Å². The van der Waals surface area contributed by atoms with Crippen molar-refractivity contribution in [1.29, 1.82) is 0 Å². The van der Waals surface area contributed by atoms with E-state index in [9.17, 15) is 9.59 Å². The van der Waals surface area contributed by atoms with E-state index in [4.69, 9.17) is 10.2 Å². The van der Waals surface area contributed by atoms with Crippen molar-refractivity contribution in [1.82, 2.24) is 10.3 Å². The minimum absolute atomic E-state index is 0.343. The predicted octanol–water partition coefficient (Wildman–Crippen LogP) is 0.410. The molecule has 1 heterocycles. The van der Waals surface area contributed by atoms with Gasteiger partial charge in [-0.1, -0.05) is 18.2 Å². The van der Waals surface area contributed by atoms with Crippen LogP contribution in [-0.2, 0) is 4.79 Å². The maximum Gasteiger partial charge on any atom is 0.334 e. The van der Waals surface area contributed by atoms with Gasteiger partial charge >= 0.3 is 5.97 Å². The van der Waals surface area contributed by atoms with Gasteiger partial charge in [-0.3, -0.25) is 9.78 Å². The molecule has 0 saturated heterocycles. The number of rotatable bonds is 4. The molecule has 2 aromatic rings. The monoisotopic (exact) mass is 260 g/mol. The van der Waals surface area contributed by atoms with Crippen LogP contribution in [-0.4, -0.2) is 39.7 Å². The molecule has 1 atom stereocenters. The molecule has 1 aromatic carbocycles. The van der Waals surface area contributed by atoms with Crippen LogP contribution < -0.4 is 5.32 Å². The first-order chi connectivity index (χ1) is 9.09. The molecule has 0 aliphatic heterocycles. The standard InChI is InChI=1S/C13H12N2O4/c16-10(13(18)19)7-15-12(17)9-5-1-3-8-4-2-6-14-11(8)9/h1-6,10,16H,7H2,(H,15,17)(H,18,19). The molecule has 98 valence electrons. The van der Waals surface area contributed by atoms with Gasteiger partial charge in [-0.05, 0) is 12.1 Å². The maximum atomic E-state index is 11.9. The van der Waals surface area contributed by atoms with E-state index >= 15 is 0 Å². The van der Waals surface area contributed by atoms with Crippen molar-refractivity contribution < 1.29 is 19.8 Å². The number of amides is 1. The SMILES string of the molecule is O=C(NCC(O)C(=O)O)c1cccc2cccnc12. The second-order valence-electron chi connectivity index (χ2n) is 3.94. The van der Waals surface area contributed by atoms with Crippen molar-refractivity contribution >= 4 is 22.8 Å². The molecule has 0 bridgehead atoms. The summed E-state index contributed by atoms with van der Waals surface area (Å²) in [6.07, 6.45) is -0.0440. The second kappa shape index (κ2) is 5.45. The molecule has 0 aliphatic rings. The third kappa shape index (κ3) is 2.86. The first kappa shape index (κ1) is 13.0. The number of fused-ring (bicyclic) bond motifs is 1. The van der Waals surface area contributed by atoms with Crippen LogP contribution in [0.2, 0.25) is 0 Å². The smallest absolute Gasteiger partial charge is 0.334 e. The predicted molar refractivity (Wildman–Crippen MR) is 67.7 cm³/mol. The van der Waals surface area contributed by atoms with Gasteiger partial charge in [0, 0.05) is 11.6 Å². The van der Waals surface area contributed by atoms with E-state index in [1.807, 2.05) is 12.1 Å². The Hall–Kier alpha value is -2.47. The van der Waals surface area contributed by atoms with Crippen molar-refractivity contribution in [2.75, 3.05) is 6.54 Å². The summed E-state index contributed by atoms with van der Waals surface area (Å²) in [7, 11) is 0. The van der Waals surface area contributed by atoms with Gasteiger partial charge in [0.2, 0.25) is 0 Å². The third-order valence-electron chi connectivity index (χ3n) is 2.62. The molecule has 0 spiro atoms. The van der Waals surface area contributed by atoms with Crippen molar-refractivity contribution in [3.8, 4) is 0 Å². The van der Waals surface area contributed by atoms with Crippen LogP contribution in [0.3, 0.4) is 0 Å². The molecule has 1 aromatic heterocycles. The number of pyridine rings is 1. The number of para-hydroxylation sites is 1. The molecule has 0 fully saturated rings. The largest absolute Gasteiger partial charge is 0.479 e. The minimum Gasteiger partial charge on any atom is -0.479 e. The van der Waals surface area contributed by atoms with Crippen LogP contribution in [0.5, 0.6) is 0 Å². The molecule has 1 unspecified atom stereocenters. The minimum atomic E-state index is -1.62. The number of hydrogen-bond acceptors (Lipinski definition) is 4. The molecule has 3 N–H and O–H groups in total. The first-order valence-electron chi connectivity index (χ1n) is 5.62. The zero-order valence-corrected chi connectivity index (χ0v) is 9.91. The fraction of sp³-hybridized carbons (Fsp3) is 0.154. The number of carboxylic acids is 1. The number of aliphatic hydroxyl groups is 1. The number of benzene rings is 1. The average Bonchev–Trinajstić information content (AvgIpc) is 2.43. The quantitative estimate of drug-likeness (QED) is 0.739. The molecule has 1 amide bonds. The summed E-state index contributed by atoms with van der Waals surface area (Å²) in [6.45, 7) is -0.350. The lowest BCUT2D eigenvalue weighted by Gasteiger charge is -2.09. The Labute approximate surface area is 108 Å². The molecule has 6 heteroatoms. The zero-order valence-electron chi connectivity index (χ0n) is 9.91. The molecule has 0 saturated carbocycles. The van der Waals surface area contributed by atoms with Crippen LogP contribution in [0.4, 0.5) is 0 Å². The molecule has 19 heavy (non-hydrogen) atoms. The Balaban J connectivity index is 2.20. The highest BCUT2D eigenvalue weighted by molar-refractivity contribution is 6.05. The van der Waals surface area contributed by atoms with E-state index in [-0.39, 0.29) is 6.54 Å². The third-order valence-corrected chi connectivity index (χ3v) is 2.62. The van der Waals surface area contributed by atoms with Gasteiger partial charge in [0.25, 0.3) is 5.91 Å². The Morgan fingerprint density at radius 3 is 2.74 bits per heavy atom. The second-order valence-corrected chi connectivity index (χ2v) is 3.94. The van der Waals surface area contributed by atoms with E-state index in [0.717, 1.165) is 5.39 Å². The van der Waals surface area contributed by atoms with Gasteiger partial charge in [-0.2, -0.15) is 0 Å². The van der Waals surface area contributed by atoms with Crippen molar-refractivity contribution in [3.05, 3.63) is 42.1 Å². The number of carboxylic acid groups (broad SMARTS) is 1. The van der Waals surface area contributed by atoms with Gasteiger partial charge < -0.3 is 15.5 Å². The van der Waals surface area contributed by atoms with Gasteiger partial charge in [-0.25, -0.2) is 4.79 Å². The molecular weight excluding hydrogens is 248 g/mol. The molecule has 6 nitrogen and oxygen atoms in total. The Morgan fingerprint density at radius 1 is 1.26 bits per heavy atom. The van der Waals surface area contributed by atoms with Crippen LogP contribution in [0.25, 0.3) is 10.9 Å². The van der Waals surface area contributed by atoms with Gasteiger partial charge in [0.05, 0.1) is 17.6 Å². The van der Waals surface area contributed by atoms with Crippen LogP contribution >= 0.6 is 0 Å². The summed E-state index contributed by atoms with van der Waals surface area (Å²) in [6, 6.07) is 8.72.